The first-order valence-electron chi connectivity index (χ1n) is 14.4. The normalized spacial score (nSPS) is 19.5. The molecule has 236 valence electrons. The Balaban J connectivity index is 1.49. The highest BCUT2D eigenvalue weighted by Gasteiger charge is 2.38. The molecule has 0 bridgehead atoms. The van der Waals surface area contributed by atoms with E-state index in [4.69, 9.17) is 0 Å². The fourth-order valence-corrected chi connectivity index (χ4v) is 5.24. The van der Waals surface area contributed by atoms with E-state index < -0.39 is 36.9 Å². The maximum atomic E-state index is 12.7. The average molecular weight is 604 g/mol. The summed E-state index contributed by atoms with van der Waals surface area (Å²) in [6.45, 7) is 4.44. The van der Waals surface area contributed by atoms with E-state index in [0.717, 1.165) is 5.56 Å². The maximum Gasteiger partial charge on any atom is 0.475 e. The number of carboxylic acids is 2. The van der Waals surface area contributed by atoms with Crippen LogP contribution in [0.1, 0.15) is 35.7 Å². The van der Waals surface area contributed by atoms with Gasteiger partial charge in [0, 0.05) is 57.9 Å². The minimum Gasteiger partial charge on any atom is -0.480 e. The van der Waals surface area contributed by atoms with Crippen LogP contribution in [0.2, 0.25) is 0 Å². The molecule has 0 aliphatic carbocycles. The van der Waals surface area contributed by atoms with Crippen LogP contribution in [0, 0.1) is 0 Å². The Morgan fingerprint density at radius 2 is 1.35 bits per heavy atom. The second-order valence-electron chi connectivity index (χ2n) is 10.9. The van der Waals surface area contributed by atoms with Gasteiger partial charge in [0.2, 0.25) is 11.8 Å². The molecule has 2 aliphatic heterocycles. The van der Waals surface area contributed by atoms with Crippen LogP contribution in [-0.4, -0.2) is 154 Å². The molecule has 15 nitrogen and oxygen atoms in total. The number of hydrogen-bond acceptors (Lipinski definition) is 10. The molecule has 6 N–H and O–H groups in total. The predicted octanol–water partition coefficient (Wildman–Crippen LogP) is -2.49. The van der Waals surface area contributed by atoms with Crippen LogP contribution in [0.25, 0.3) is 0 Å². The molecule has 2 fully saturated rings. The highest BCUT2D eigenvalue weighted by molar-refractivity contribution is 6.43. The Kier molecular flexibility index (Phi) is 12.9. The summed E-state index contributed by atoms with van der Waals surface area (Å²) < 4.78 is 0. The SMILES string of the molecule is C[C@@H](NC(=O)c1ccc(CNC(=O)CN2CCN(CC(=O)O)CCN(CC(=O)O)CC2)cc1)C(=O)N1CCC[C@H]1B(O)O. The number of carbonyl (C=O) groups excluding carboxylic acids is 3. The lowest BCUT2D eigenvalue weighted by Gasteiger charge is -2.27. The third-order valence-electron chi connectivity index (χ3n) is 7.63. The maximum absolute atomic E-state index is 12.7. The highest BCUT2D eigenvalue weighted by Crippen LogP contribution is 2.19. The van der Waals surface area contributed by atoms with Gasteiger partial charge in [-0.05, 0) is 37.5 Å². The Morgan fingerprint density at radius 1 is 0.837 bits per heavy atom. The lowest BCUT2D eigenvalue weighted by Crippen LogP contribution is -2.52. The van der Waals surface area contributed by atoms with E-state index in [9.17, 15) is 44.2 Å². The lowest BCUT2D eigenvalue weighted by atomic mass is 9.78. The number of likely N-dealkylation sites (tertiary alicyclic amines) is 1. The van der Waals surface area contributed by atoms with Crippen LogP contribution in [0.15, 0.2) is 24.3 Å². The minimum atomic E-state index is -1.63. The number of benzene rings is 1. The lowest BCUT2D eigenvalue weighted by molar-refractivity contribution is -0.140. The molecular formula is C27H41BN6O9. The topological polar surface area (TPSA) is 203 Å². The third kappa shape index (κ3) is 10.9. The van der Waals surface area contributed by atoms with Crippen molar-refractivity contribution in [3.8, 4) is 0 Å². The van der Waals surface area contributed by atoms with Crippen LogP contribution in [0.5, 0.6) is 0 Å². The third-order valence-corrected chi connectivity index (χ3v) is 7.63. The summed E-state index contributed by atoms with van der Waals surface area (Å²) in [5.74, 6) is -3.73. The predicted molar refractivity (Wildman–Crippen MR) is 155 cm³/mol. The van der Waals surface area contributed by atoms with Gasteiger partial charge in [0.05, 0.1) is 25.6 Å². The molecule has 43 heavy (non-hydrogen) atoms. The Bertz CT molecular complexity index is 1110. The van der Waals surface area contributed by atoms with Gasteiger partial charge < -0.3 is 35.8 Å². The Morgan fingerprint density at radius 3 is 1.84 bits per heavy atom. The minimum absolute atomic E-state index is 0.0550. The summed E-state index contributed by atoms with van der Waals surface area (Å²) in [5.41, 5.74) is 1.07. The van der Waals surface area contributed by atoms with Gasteiger partial charge in [-0.3, -0.25) is 38.7 Å². The van der Waals surface area contributed by atoms with Gasteiger partial charge >= 0.3 is 19.1 Å². The molecule has 0 unspecified atom stereocenters. The second kappa shape index (κ2) is 16.3. The molecule has 16 heteroatoms. The number of amides is 3. The molecular weight excluding hydrogens is 563 g/mol. The van der Waals surface area contributed by atoms with Crippen molar-refractivity contribution in [2.24, 2.45) is 0 Å². The van der Waals surface area contributed by atoms with Gasteiger partial charge in [0.15, 0.2) is 0 Å². The van der Waals surface area contributed by atoms with E-state index in [0.29, 0.717) is 64.2 Å². The smallest absolute Gasteiger partial charge is 0.475 e. The van der Waals surface area contributed by atoms with E-state index >= 15 is 0 Å². The molecule has 0 spiro atoms. The van der Waals surface area contributed by atoms with Gasteiger partial charge in [-0.1, -0.05) is 12.1 Å². The van der Waals surface area contributed by atoms with E-state index in [1.807, 2.05) is 4.90 Å². The molecule has 0 radical (unpaired) electrons. The number of nitrogens with one attached hydrogen (secondary N) is 2. The van der Waals surface area contributed by atoms with Crippen molar-refractivity contribution in [3.05, 3.63) is 35.4 Å². The van der Waals surface area contributed by atoms with Gasteiger partial charge in [0.1, 0.15) is 6.04 Å². The molecule has 1 aromatic rings. The van der Waals surface area contributed by atoms with Gasteiger partial charge in [-0.25, -0.2) is 0 Å². The summed E-state index contributed by atoms with van der Waals surface area (Å²) in [4.78, 5) is 67.3. The molecule has 0 aromatic heterocycles. The average Bonchev–Trinajstić information content (AvgIpc) is 3.47. The highest BCUT2D eigenvalue weighted by atomic mass is 16.4. The molecule has 2 saturated heterocycles. The number of rotatable bonds is 12. The summed E-state index contributed by atoms with van der Waals surface area (Å²) in [7, 11) is -1.63. The second-order valence-corrected chi connectivity index (χ2v) is 10.9. The summed E-state index contributed by atoms with van der Waals surface area (Å²) in [6, 6.07) is 5.69. The molecule has 1 aromatic carbocycles. The monoisotopic (exact) mass is 604 g/mol. The molecule has 2 aliphatic rings. The molecule has 2 atom stereocenters. The largest absolute Gasteiger partial charge is 0.480 e. The first-order valence-corrected chi connectivity index (χ1v) is 14.4. The van der Waals surface area contributed by atoms with Crippen LogP contribution >= 0.6 is 0 Å². The van der Waals surface area contributed by atoms with Crippen molar-refractivity contribution in [1.29, 1.82) is 0 Å². The standard InChI is InChI=1S/C27H41BN6O9/c1-19(27(41)34-8-2-3-22(34)28(42)43)30-26(40)21-6-4-20(5-7-21)15-29-23(35)16-31-9-11-32(17-24(36)37)13-14-33(12-10-31)18-25(38)39/h4-7,19,22,42-43H,2-3,8-18H2,1H3,(H,29,35)(H,30,40)(H,36,37)(H,38,39)/t19-,22+/m1/s1. The van der Waals surface area contributed by atoms with Gasteiger partial charge in [-0.2, -0.15) is 0 Å². The quantitative estimate of drug-likeness (QED) is 0.137. The van der Waals surface area contributed by atoms with E-state index in [1.54, 1.807) is 41.0 Å². The van der Waals surface area contributed by atoms with Crippen molar-refractivity contribution >= 4 is 36.8 Å². The van der Waals surface area contributed by atoms with Crippen molar-refractivity contribution < 1.29 is 44.2 Å². The number of carboxylic acid groups (broad SMARTS) is 2. The van der Waals surface area contributed by atoms with E-state index in [1.165, 1.54) is 4.90 Å². The van der Waals surface area contributed by atoms with Crippen LogP contribution in [0.4, 0.5) is 0 Å². The van der Waals surface area contributed by atoms with Crippen molar-refractivity contribution in [2.75, 3.05) is 65.4 Å². The first kappa shape index (κ1) is 33.9. The zero-order valence-corrected chi connectivity index (χ0v) is 24.4. The molecule has 3 amide bonds. The van der Waals surface area contributed by atoms with Crippen LogP contribution in [-0.2, 0) is 25.7 Å². The van der Waals surface area contributed by atoms with Crippen LogP contribution < -0.4 is 10.6 Å². The molecule has 3 rings (SSSR count). The Hall–Kier alpha value is -3.57. The van der Waals surface area contributed by atoms with E-state index in [-0.39, 0.29) is 38.0 Å². The molecule has 2 heterocycles. The fourth-order valence-electron chi connectivity index (χ4n) is 5.24. The summed E-state index contributed by atoms with van der Waals surface area (Å²) in [6.07, 6.45) is 1.14. The van der Waals surface area contributed by atoms with Gasteiger partial charge in [0.25, 0.3) is 5.91 Å². The van der Waals surface area contributed by atoms with E-state index in [2.05, 4.69) is 10.6 Å². The molecule has 0 saturated carbocycles. The fraction of sp³-hybridized carbons (Fsp3) is 0.593. The number of nitrogens with zero attached hydrogens (tertiary/aromatic N) is 4. The summed E-state index contributed by atoms with van der Waals surface area (Å²) in [5, 5.41) is 42.9. The van der Waals surface area contributed by atoms with Gasteiger partial charge in [-0.15, -0.1) is 0 Å². The number of hydrogen-bond donors (Lipinski definition) is 6. The van der Waals surface area contributed by atoms with Crippen molar-refractivity contribution in [1.82, 2.24) is 30.2 Å². The zero-order chi connectivity index (χ0) is 31.5. The van der Waals surface area contributed by atoms with Crippen LogP contribution in [0.3, 0.4) is 0 Å². The number of carbonyl (C=O) groups is 5. The first-order chi connectivity index (χ1) is 20.4. The summed E-state index contributed by atoms with van der Waals surface area (Å²) >= 11 is 0. The Labute approximate surface area is 250 Å². The van der Waals surface area contributed by atoms with Crippen molar-refractivity contribution in [3.63, 3.8) is 0 Å². The number of aliphatic carboxylic acids is 2. The van der Waals surface area contributed by atoms with Crippen molar-refractivity contribution in [2.45, 2.75) is 38.3 Å². The zero-order valence-electron chi connectivity index (χ0n) is 24.4.